The van der Waals surface area contributed by atoms with Crippen molar-refractivity contribution in [3.8, 4) is 0 Å². The van der Waals surface area contributed by atoms with Crippen LogP contribution in [0.3, 0.4) is 0 Å². The predicted molar refractivity (Wildman–Crippen MR) is 80.0 cm³/mol. The number of nitrogens with two attached hydrogens (primary N) is 1. The molecule has 0 heterocycles. The second kappa shape index (κ2) is 5.57. The molecule has 0 aliphatic heterocycles. The first-order chi connectivity index (χ1) is 10.1. The van der Waals surface area contributed by atoms with Gasteiger partial charge in [0.25, 0.3) is 0 Å². The van der Waals surface area contributed by atoms with Gasteiger partial charge in [0.15, 0.2) is 0 Å². The summed E-state index contributed by atoms with van der Waals surface area (Å²) >= 11 is 0. The van der Waals surface area contributed by atoms with Gasteiger partial charge in [-0.3, -0.25) is 0 Å². The third-order valence-electron chi connectivity index (χ3n) is 4.53. The van der Waals surface area contributed by atoms with E-state index in [9.17, 15) is 8.78 Å². The van der Waals surface area contributed by atoms with Crippen molar-refractivity contribution < 1.29 is 8.78 Å². The van der Waals surface area contributed by atoms with Crippen LogP contribution in [0.5, 0.6) is 0 Å². The highest BCUT2D eigenvalue weighted by Gasteiger charge is 2.27. The van der Waals surface area contributed by atoms with E-state index in [4.69, 9.17) is 5.73 Å². The molecule has 1 aliphatic carbocycles. The molecular weight excluding hydrogens is 268 g/mol. The Morgan fingerprint density at radius 1 is 1.10 bits per heavy atom. The lowest BCUT2D eigenvalue weighted by Crippen LogP contribution is -2.28. The van der Waals surface area contributed by atoms with Crippen molar-refractivity contribution in [3.63, 3.8) is 0 Å². The molecule has 1 aliphatic rings. The monoisotopic (exact) mass is 287 g/mol. The fourth-order valence-electron chi connectivity index (χ4n) is 3.20. The molecule has 2 unspecified atom stereocenters. The number of aryl methyl sites for hydroxylation is 2. The first-order valence-corrected chi connectivity index (χ1v) is 7.34. The molecule has 3 rings (SSSR count). The minimum absolute atomic E-state index is 0.150. The van der Waals surface area contributed by atoms with Gasteiger partial charge in [0.1, 0.15) is 11.6 Å². The number of rotatable bonds is 2. The molecule has 1 nitrogen and oxygen atoms in total. The maximum absolute atomic E-state index is 14.1. The Kier molecular flexibility index (Phi) is 3.77. The summed E-state index contributed by atoms with van der Waals surface area (Å²) in [7, 11) is 0. The molecule has 0 aromatic heterocycles. The highest BCUT2D eigenvalue weighted by atomic mass is 19.1. The van der Waals surface area contributed by atoms with Crippen LogP contribution in [-0.2, 0) is 12.8 Å². The number of hydrogen-bond acceptors (Lipinski definition) is 1. The first kappa shape index (κ1) is 14.2. The Hall–Kier alpha value is -1.74. The van der Waals surface area contributed by atoms with Crippen molar-refractivity contribution >= 4 is 0 Å². The van der Waals surface area contributed by atoms with Crippen LogP contribution in [0.15, 0.2) is 36.4 Å². The van der Waals surface area contributed by atoms with E-state index in [0.29, 0.717) is 11.1 Å². The fourth-order valence-corrected chi connectivity index (χ4v) is 3.20. The van der Waals surface area contributed by atoms with Gasteiger partial charge in [0.2, 0.25) is 0 Å². The first-order valence-electron chi connectivity index (χ1n) is 7.34. The Morgan fingerprint density at radius 3 is 2.57 bits per heavy atom. The topological polar surface area (TPSA) is 26.0 Å². The van der Waals surface area contributed by atoms with Gasteiger partial charge in [-0.1, -0.05) is 24.3 Å². The van der Waals surface area contributed by atoms with Crippen molar-refractivity contribution in [1.82, 2.24) is 0 Å². The molecule has 3 heteroatoms. The third kappa shape index (κ3) is 2.70. The molecule has 0 saturated carbocycles. The van der Waals surface area contributed by atoms with Crippen LogP contribution in [0, 0.1) is 24.5 Å². The van der Waals surface area contributed by atoms with Crippen LogP contribution in [0.4, 0.5) is 8.78 Å². The Morgan fingerprint density at radius 2 is 1.81 bits per heavy atom. The second-order valence-electron chi connectivity index (χ2n) is 5.92. The van der Waals surface area contributed by atoms with E-state index in [1.165, 1.54) is 23.3 Å². The highest BCUT2D eigenvalue weighted by Crippen LogP contribution is 2.34. The molecule has 2 aromatic rings. The Balaban J connectivity index is 1.87. The number of fused-ring (bicyclic) bond motifs is 1. The molecule has 0 fully saturated rings. The van der Waals surface area contributed by atoms with E-state index in [2.05, 4.69) is 12.1 Å². The van der Waals surface area contributed by atoms with Crippen molar-refractivity contribution in [2.75, 3.05) is 0 Å². The maximum atomic E-state index is 14.1. The summed E-state index contributed by atoms with van der Waals surface area (Å²) < 4.78 is 27.8. The van der Waals surface area contributed by atoms with Gasteiger partial charge < -0.3 is 5.73 Å². The zero-order valence-corrected chi connectivity index (χ0v) is 12.1. The van der Waals surface area contributed by atoms with E-state index in [1.807, 2.05) is 12.1 Å². The van der Waals surface area contributed by atoms with Crippen molar-refractivity contribution in [2.45, 2.75) is 32.2 Å². The normalized spacial score (nSPS) is 19.1. The van der Waals surface area contributed by atoms with E-state index >= 15 is 0 Å². The van der Waals surface area contributed by atoms with E-state index < -0.39 is 17.7 Å². The largest absolute Gasteiger partial charge is 0.324 e. The molecule has 0 bridgehead atoms. The summed E-state index contributed by atoms with van der Waals surface area (Å²) in [6.45, 7) is 1.56. The zero-order valence-electron chi connectivity index (χ0n) is 12.1. The highest BCUT2D eigenvalue weighted by molar-refractivity contribution is 5.32. The lowest BCUT2D eigenvalue weighted by molar-refractivity contribution is 0.371. The summed E-state index contributed by atoms with van der Waals surface area (Å²) in [6.07, 6.45) is 2.68. The number of hydrogen-bond donors (Lipinski definition) is 1. The van der Waals surface area contributed by atoms with Crippen LogP contribution >= 0.6 is 0 Å². The van der Waals surface area contributed by atoms with Crippen LogP contribution in [0.2, 0.25) is 0 Å². The zero-order chi connectivity index (χ0) is 15.0. The van der Waals surface area contributed by atoms with Crippen LogP contribution < -0.4 is 5.73 Å². The van der Waals surface area contributed by atoms with Gasteiger partial charge in [-0.2, -0.15) is 0 Å². The SMILES string of the molecule is Cc1cc(F)c(C(N)C2CCc3ccccc3C2)cc1F. The minimum atomic E-state index is -0.464. The molecule has 2 atom stereocenters. The summed E-state index contributed by atoms with van der Waals surface area (Å²) in [5.74, 6) is -0.644. The van der Waals surface area contributed by atoms with Gasteiger partial charge in [0, 0.05) is 11.6 Å². The van der Waals surface area contributed by atoms with Crippen molar-refractivity contribution in [3.05, 3.63) is 70.3 Å². The molecule has 0 radical (unpaired) electrons. The van der Waals surface area contributed by atoms with Gasteiger partial charge in [-0.05, 0) is 60.9 Å². The van der Waals surface area contributed by atoms with Gasteiger partial charge in [-0.15, -0.1) is 0 Å². The summed E-state index contributed by atoms with van der Waals surface area (Å²) in [4.78, 5) is 0. The molecule has 0 amide bonds. The molecule has 0 spiro atoms. The van der Waals surface area contributed by atoms with Crippen molar-refractivity contribution in [2.24, 2.45) is 11.7 Å². The van der Waals surface area contributed by atoms with Crippen LogP contribution in [0.1, 0.15) is 34.7 Å². The smallest absolute Gasteiger partial charge is 0.128 e. The maximum Gasteiger partial charge on any atom is 0.128 e. The minimum Gasteiger partial charge on any atom is -0.324 e. The lowest BCUT2D eigenvalue weighted by Gasteiger charge is -2.30. The van der Waals surface area contributed by atoms with Crippen molar-refractivity contribution in [1.29, 1.82) is 0 Å². The third-order valence-corrected chi connectivity index (χ3v) is 4.53. The number of halogens is 2. The van der Waals surface area contributed by atoms with Crippen LogP contribution in [-0.4, -0.2) is 0 Å². The molecule has 21 heavy (non-hydrogen) atoms. The van der Waals surface area contributed by atoms with Gasteiger partial charge >= 0.3 is 0 Å². The van der Waals surface area contributed by atoms with E-state index in [-0.39, 0.29) is 5.92 Å². The Bertz CT molecular complexity index is 666. The standard InChI is InChI=1S/C18H19F2N/c1-11-8-17(20)15(10-16(11)19)18(21)14-7-6-12-4-2-3-5-13(12)9-14/h2-5,8,10,14,18H,6-7,9,21H2,1H3. The van der Waals surface area contributed by atoms with E-state index in [0.717, 1.165) is 19.3 Å². The summed E-state index contributed by atoms with van der Waals surface area (Å²) in [6, 6.07) is 10.3. The summed E-state index contributed by atoms with van der Waals surface area (Å²) in [5, 5.41) is 0. The molecular formula is C18H19F2N. The van der Waals surface area contributed by atoms with E-state index in [1.54, 1.807) is 6.92 Å². The average molecular weight is 287 g/mol. The summed E-state index contributed by atoms with van der Waals surface area (Å²) in [5.41, 5.74) is 9.47. The predicted octanol–water partition coefficient (Wildman–Crippen LogP) is 4.08. The molecule has 110 valence electrons. The second-order valence-corrected chi connectivity index (χ2v) is 5.92. The lowest BCUT2D eigenvalue weighted by atomic mass is 9.78. The van der Waals surface area contributed by atoms with Gasteiger partial charge in [-0.25, -0.2) is 8.78 Å². The van der Waals surface area contributed by atoms with Gasteiger partial charge in [0.05, 0.1) is 0 Å². The molecule has 2 N–H and O–H groups in total. The Labute approximate surface area is 123 Å². The quantitative estimate of drug-likeness (QED) is 0.885. The average Bonchev–Trinajstić information content (AvgIpc) is 2.50. The molecule has 0 saturated heterocycles. The van der Waals surface area contributed by atoms with Crippen LogP contribution in [0.25, 0.3) is 0 Å². The number of benzene rings is 2. The molecule has 2 aromatic carbocycles. The fraction of sp³-hybridized carbons (Fsp3) is 0.333.